The van der Waals surface area contributed by atoms with Gasteiger partial charge in [-0.3, -0.25) is 4.90 Å². The lowest BCUT2D eigenvalue weighted by Gasteiger charge is -2.43. The van der Waals surface area contributed by atoms with Crippen molar-refractivity contribution in [3.05, 3.63) is 33.8 Å². The van der Waals surface area contributed by atoms with Crippen LogP contribution in [0.5, 0.6) is 0 Å². The van der Waals surface area contributed by atoms with Gasteiger partial charge in [0.05, 0.1) is 5.56 Å². The smallest absolute Gasteiger partial charge is 0.314 e. The van der Waals surface area contributed by atoms with E-state index in [1.807, 2.05) is 0 Å². The molecule has 23 heavy (non-hydrogen) atoms. The van der Waals surface area contributed by atoms with Crippen molar-refractivity contribution < 1.29 is 13.2 Å². The lowest BCUT2D eigenvalue weighted by Crippen LogP contribution is -2.48. The summed E-state index contributed by atoms with van der Waals surface area (Å²) in [6.45, 7) is 3.59. The largest absolute Gasteiger partial charge is 0.416 e. The van der Waals surface area contributed by atoms with Gasteiger partial charge in [0.2, 0.25) is 0 Å². The van der Waals surface area contributed by atoms with E-state index in [4.69, 9.17) is 0 Å². The second-order valence-corrected chi connectivity index (χ2v) is 7.01. The fourth-order valence-electron chi connectivity index (χ4n) is 3.41. The molecular weight excluding hydrogens is 393 g/mol. The topological polar surface area (TPSA) is 15.3 Å². The minimum atomic E-state index is -4.29. The Balaban J connectivity index is 0.00000192. The van der Waals surface area contributed by atoms with E-state index in [1.54, 1.807) is 6.07 Å². The molecule has 1 heterocycles. The summed E-state index contributed by atoms with van der Waals surface area (Å²) in [5.41, 5.74) is 0.242. The number of piperazine rings is 1. The Bertz CT molecular complexity index is 529. The molecule has 0 spiro atoms. The zero-order chi connectivity index (χ0) is 15.7. The summed E-state index contributed by atoms with van der Waals surface area (Å²) >= 11 is 3.48. The van der Waals surface area contributed by atoms with E-state index in [0.29, 0.717) is 5.92 Å². The average Bonchev–Trinajstić information content (AvgIpc) is 2.43. The fourth-order valence-corrected chi connectivity index (χ4v) is 3.89. The van der Waals surface area contributed by atoms with Crippen LogP contribution in [0.15, 0.2) is 22.7 Å². The Labute approximate surface area is 149 Å². The van der Waals surface area contributed by atoms with Crippen LogP contribution in [0.3, 0.4) is 0 Å². The molecule has 1 N–H and O–H groups in total. The molecule has 3 rings (SSSR count). The van der Waals surface area contributed by atoms with Crippen LogP contribution >= 0.6 is 28.3 Å². The number of alkyl halides is 3. The second-order valence-electron chi connectivity index (χ2n) is 6.16. The molecule has 7 heteroatoms. The van der Waals surface area contributed by atoms with Crippen molar-refractivity contribution in [3.8, 4) is 0 Å². The summed E-state index contributed by atoms with van der Waals surface area (Å²) in [6.07, 6.45) is -0.887. The van der Waals surface area contributed by atoms with E-state index in [2.05, 4.69) is 26.1 Å². The number of benzene rings is 1. The lowest BCUT2D eigenvalue weighted by molar-refractivity contribution is -0.137. The van der Waals surface area contributed by atoms with Crippen molar-refractivity contribution in [1.82, 2.24) is 10.2 Å². The van der Waals surface area contributed by atoms with Gasteiger partial charge in [-0.25, -0.2) is 0 Å². The quantitative estimate of drug-likeness (QED) is 0.777. The molecule has 2 nitrogen and oxygen atoms in total. The molecule has 1 aromatic rings. The van der Waals surface area contributed by atoms with Crippen LogP contribution in [0.1, 0.15) is 36.4 Å². The maximum absolute atomic E-state index is 13.1. The standard InChI is InChI=1S/C16H20BrF3N2.ClH/c17-14-5-4-12(16(18,19)20)10-13(14)15(11-2-1-3-11)22-8-6-21-7-9-22;/h4-5,10-11,15,21H,1-3,6-9H2;1H/t15-;/m1./s1. The molecule has 0 amide bonds. The van der Waals surface area contributed by atoms with Gasteiger partial charge in [-0.05, 0) is 42.5 Å². The molecule has 1 aromatic carbocycles. The highest BCUT2D eigenvalue weighted by atomic mass is 79.9. The van der Waals surface area contributed by atoms with E-state index >= 15 is 0 Å². The van der Waals surface area contributed by atoms with Gasteiger partial charge < -0.3 is 5.32 Å². The van der Waals surface area contributed by atoms with Crippen molar-refractivity contribution in [2.45, 2.75) is 31.5 Å². The molecular formula is C16H21BrClF3N2. The van der Waals surface area contributed by atoms with Crippen LogP contribution in [0.2, 0.25) is 0 Å². The summed E-state index contributed by atoms with van der Waals surface area (Å²) in [4.78, 5) is 2.35. The Morgan fingerprint density at radius 1 is 1.17 bits per heavy atom. The average molecular weight is 414 g/mol. The third-order valence-corrected chi connectivity index (χ3v) is 5.51. The predicted molar refractivity (Wildman–Crippen MR) is 90.9 cm³/mol. The highest BCUT2D eigenvalue weighted by molar-refractivity contribution is 9.10. The molecule has 1 aliphatic carbocycles. The van der Waals surface area contributed by atoms with E-state index in [1.165, 1.54) is 12.5 Å². The van der Waals surface area contributed by atoms with Crippen LogP contribution < -0.4 is 5.32 Å². The summed E-state index contributed by atoms with van der Waals surface area (Å²) in [5.74, 6) is 0.470. The van der Waals surface area contributed by atoms with Crippen molar-refractivity contribution >= 4 is 28.3 Å². The SMILES string of the molecule is Cl.FC(F)(F)c1ccc(Br)c([C@@H](C2CCC2)N2CCNCC2)c1. The minimum Gasteiger partial charge on any atom is -0.314 e. The van der Waals surface area contributed by atoms with Crippen LogP contribution in [0.25, 0.3) is 0 Å². The van der Waals surface area contributed by atoms with E-state index in [0.717, 1.165) is 55.1 Å². The molecule has 0 unspecified atom stereocenters. The van der Waals surface area contributed by atoms with Gasteiger partial charge in [0.15, 0.2) is 0 Å². The maximum atomic E-state index is 13.1. The van der Waals surface area contributed by atoms with Gasteiger partial charge in [-0.1, -0.05) is 22.4 Å². The first kappa shape index (κ1) is 19.0. The molecule has 1 atom stereocenters. The third kappa shape index (κ3) is 4.21. The van der Waals surface area contributed by atoms with Gasteiger partial charge in [-0.2, -0.15) is 13.2 Å². The number of hydrogen-bond donors (Lipinski definition) is 1. The second kappa shape index (κ2) is 7.72. The Morgan fingerprint density at radius 3 is 2.35 bits per heavy atom. The Hall–Kier alpha value is -0.300. The first-order valence-corrected chi connectivity index (χ1v) is 8.57. The van der Waals surface area contributed by atoms with Crippen LogP contribution in [-0.2, 0) is 6.18 Å². The van der Waals surface area contributed by atoms with Gasteiger partial charge in [0.25, 0.3) is 0 Å². The number of rotatable bonds is 3. The van der Waals surface area contributed by atoms with Gasteiger partial charge in [0.1, 0.15) is 0 Å². The highest BCUT2D eigenvalue weighted by Crippen LogP contribution is 2.45. The summed E-state index contributed by atoms with van der Waals surface area (Å²) in [6, 6.07) is 4.14. The van der Waals surface area contributed by atoms with Crippen molar-refractivity contribution in [2.75, 3.05) is 26.2 Å². The molecule has 0 aromatic heterocycles. The molecule has 130 valence electrons. The van der Waals surface area contributed by atoms with Crippen LogP contribution in [-0.4, -0.2) is 31.1 Å². The highest BCUT2D eigenvalue weighted by Gasteiger charge is 2.37. The van der Waals surface area contributed by atoms with Gasteiger partial charge in [0, 0.05) is 36.7 Å². The normalized spacial score (nSPS) is 21.4. The lowest BCUT2D eigenvalue weighted by atomic mass is 9.76. The van der Waals surface area contributed by atoms with Crippen molar-refractivity contribution in [2.24, 2.45) is 5.92 Å². The fraction of sp³-hybridized carbons (Fsp3) is 0.625. The van der Waals surface area contributed by atoms with Crippen LogP contribution in [0, 0.1) is 5.92 Å². The van der Waals surface area contributed by atoms with Gasteiger partial charge >= 0.3 is 6.18 Å². The van der Waals surface area contributed by atoms with Crippen molar-refractivity contribution in [1.29, 1.82) is 0 Å². The molecule has 1 saturated heterocycles. The van der Waals surface area contributed by atoms with Crippen LogP contribution in [0.4, 0.5) is 13.2 Å². The number of hydrogen-bond acceptors (Lipinski definition) is 2. The number of nitrogens with one attached hydrogen (secondary N) is 1. The summed E-state index contributed by atoms with van der Waals surface area (Å²) < 4.78 is 40.0. The molecule has 1 aliphatic heterocycles. The summed E-state index contributed by atoms with van der Waals surface area (Å²) in [7, 11) is 0. The van der Waals surface area contributed by atoms with E-state index in [9.17, 15) is 13.2 Å². The third-order valence-electron chi connectivity index (χ3n) is 4.78. The molecule has 0 radical (unpaired) electrons. The monoisotopic (exact) mass is 412 g/mol. The molecule has 2 aliphatic rings. The zero-order valence-corrected chi connectivity index (χ0v) is 15.1. The first-order chi connectivity index (χ1) is 10.5. The van der Waals surface area contributed by atoms with Gasteiger partial charge in [-0.15, -0.1) is 12.4 Å². The Kier molecular flexibility index (Phi) is 6.39. The molecule has 0 bridgehead atoms. The summed E-state index contributed by atoms with van der Waals surface area (Å²) in [5, 5.41) is 3.31. The Morgan fingerprint density at radius 2 is 1.83 bits per heavy atom. The van der Waals surface area contributed by atoms with E-state index < -0.39 is 11.7 Å². The van der Waals surface area contributed by atoms with Crippen molar-refractivity contribution in [3.63, 3.8) is 0 Å². The first-order valence-electron chi connectivity index (χ1n) is 7.78. The molecule has 1 saturated carbocycles. The number of nitrogens with zero attached hydrogens (tertiary/aromatic N) is 1. The van der Waals surface area contributed by atoms with E-state index in [-0.39, 0.29) is 18.4 Å². The zero-order valence-electron chi connectivity index (χ0n) is 12.7. The number of halogens is 5. The molecule has 2 fully saturated rings. The minimum absolute atomic E-state index is 0. The maximum Gasteiger partial charge on any atom is 0.416 e. The predicted octanol–water partition coefficient (Wildman–Crippen LogP) is 4.64.